The summed E-state index contributed by atoms with van der Waals surface area (Å²) < 4.78 is 23.7. The molecular weight excluding hydrogens is 354 g/mol. The van der Waals surface area contributed by atoms with Gasteiger partial charge in [-0.15, -0.1) is 11.8 Å². The van der Waals surface area contributed by atoms with Crippen molar-refractivity contribution < 1.29 is 13.2 Å². The molecule has 1 aliphatic rings. The van der Waals surface area contributed by atoms with Crippen LogP contribution in [-0.4, -0.2) is 32.4 Å². The van der Waals surface area contributed by atoms with Gasteiger partial charge in [0.05, 0.1) is 10.6 Å². The highest BCUT2D eigenvalue weighted by molar-refractivity contribution is 8.00. The van der Waals surface area contributed by atoms with Crippen LogP contribution in [0.25, 0.3) is 0 Å². The molecule has 2 aromatic rings. The third kappa shape index (κ3) is 3.75. The Morgan fingerprint density at radius 3 is 2.64 bits per heavy atom. The van der Waals surface area contributed by atoms with Gasteiger partial charge in [-0.3, -0.25) is 4.79 Å². The monoisotopic (exact) mass is 375 g/mol. The molecule has 0 saturated carbocycles. The molecule has 4 nitrogen and oxygen atoms in total. The number of para-hydroxylation sites is 1. The Labute approximate surface area is 153 Å². The third-order valence-corrected chi connectivity index (χ3v) is 6.70. The number of nitrogens with zero attached hydrogens (tertiary/aromatic N) is 1. The number of benzene rings is 2. The fraction of sp³-hybridized carbons (Fsp3) is 0.316. The first-order chi connectivity index (χ1) is 11.8. The zero-order chi connectivity index (χ0) is 18.2. The summed E-state index contributed by atoms with van der Waals surface area (Å²) in [5, 5.41) is 0.419. The average Bonchev–Trinajstić information content (AvgIpc) is 2.72. The largest absolute Gasteiger partial charge is 0.307 e. The van der Waals surface area contributed by atoms with Crippen molar-refractivity contribution in [2.75, 3.05) is 17.7 Å². The van der Waals surface area contributed by atoms with Crippen molar-refractivity contribution in [1.29, 1.82) is 0 Å². The number of amides is 1. The number of aryl methyl sites for hydroxylation is 1. The van der Waals surface area contributed by atoms with Crippen molar-refractivity contribution in [3.05, 3.63) is 53.6 Å². The smallest absolute Gasteiger partial charge is 0.258 e. The Kier molecular flexibility index (Phi) is 4.93. The number of carbonyl (C=O) groups excluding carboxylic acids is 1. The van der Waals surface area contributed by atoms with Crippen molar-refractivity contribution >= 4 is 33.2 Å². The van der Waals surface area contributed by atoms with Crippen LogP contribution in [0, 0.1) is 6.92 Å². The number of thioether (sulfide) groups is 1. The second kappa shape index (κ2) is 6.84. The molecule has 1 heterocycles. The first-order valence-electron chi connectivity index (χ1n) is 8.15. The Hall–Kier alpha value is -1.79. The van der Waals surface area contributed by atoms with E-state index < -0.39 is 9.84 Å². The van der Waals surface area contributed by atoms with Gasteiger partial charge in [0.15, 0.2) is 9.84 Å². The minimum Gasteiger partial charge on any atom is -0.307 e. The first kappa shape index (κ1) is 18.0. The summed E-state index contributed by atoms with van der Waals surface area (Å²) in [6, 6.07) is 12.6. The van der Waals surface area contributed by atoms with E-state index in [1.54, 1.807) is 28.8 Å². The van der Waals surface area contributed by atoms with Crippen molar-refractivity contribution in [3.8, 4) is 0 Å². The predicted molar refractivity (Wildman–Crippen MR) is 102 cm³/mol. The molecular formula is C19H21NO3S2. The maximum Gasteiger partial charge on any atom is 0.258 e. The fourth-order valence-electron chi connectivity index (χ4n) is 2.91. The molecule has 3 rings (SSSR count). The van der Waals surface area contributed by atoms with E-state index >= 15 is 0 Å². The number of anilines is 1. The van der Waals surface area contributed by atoms with E-state index in [1.807, 2.05) is 31.2 Å². The molecule has 1 atom stereocenters. The molecule has 0 saturated heterocycles. The summed E-state index contributed by atoms with van der Waals surface area (Å²) >= 11 is 1.77. The van der Waals surface area contributed by atoms with Gasteiger partial charge in [0, 0.05) is 28.5 Å². The highest BCUT2D eigenvalue weighted by Crippen LogP contribution is 2.38. The minimum atomic E-state index is -3.36. The molecule has 0 spiro atoms. The molecule has 132 valence electrons. The van der Waals surface area contributed by atoms with Crippen molar-refractivity contribution in [1.82, 2.24) is 0 Å². The number of hydrogen-bond donors (Lipinski definition) is 0. The molecule has 0 radical (unpaired) electrons. The van der Waals surface area contributed by atoms with Gasteiger partial charge in [-0.2, -0.15) is 0 Å². The summed E-state index contributed by atoms with van der Waals surface area (Å²) in [5.41, 5.74) is 2.11. The predicted octanol–water partition coefficient (Wildman–Crippen LogP) is 3.93. The van der Waals surface area contributed by atoms with Crippen molar-refractivity contribution in [2.45, 2.75) is 35.3 Å². The van der Waals surface area contributed by atoms with Crippen LogP contribution in [0.3, 0.4) is 0 Å². The van der Waals surface area contributed by atoms with E-state index in [0.717, 1.165) is 28.8 Å². The maximum atomic E-state index is 13.2. The zero-order valence-corrected chi connectivity index (χ0v) is 16.2. The van der Waals surface area contributed by atoms with Gasteiger partial charge in [-0.25, -0.2) is 8.42 Å². The van der Waals surface area contributed by atoms with Crippen LogP contribution in [0.5, 0.6) is 0 Å². The van der Waals surface area contributed by atoms with E-state index in [1.165, 1.54) is 6.07 Å². The molecule has 0 fully saturated rings. The molecule has 0 aromatic heterocycles. The van der Waals surface area contributed by atoms with Crippen LogP contribution in [0.2, 0.25) is 0 Å². The van der Waals surface area contributed by atoms with E-state index in [0.29, 0.717) is 17.4 Å². The highest BCUT2D eigenvalue weighted by Gasteiger charge is 2.26. The standard InChI is InChI=1S/C19H21NO3S2/c1-13-8-9-15(25(3,22)23)12-16(13)19(21)20-11-10-14(2)24-18-7-5-4-6-17(18)20/h4-9,12,14H,10-11H2,1-3H3/t14-/m0/s1. The topological polar surface area (TPSA) is 54.5 Å². The molecule has 2 aromatic carbocycles. The molecule has 0 unspecified atom stereocenters. The molecule has 1 amide bonds. The number of rotatable bonds is 2. The number of sulfone groups is 1. The van der Waals surface area contributed by atoms with E-state index in [2.05, 4.69) is 6.92 Å². The van der Waals surface area contributed by atoms with Gasteiger partial charge >= 0.3 is 0 Å². The van der Waals surface area contributed by atoms with E-state index in [-0.39, 0.29) is 10.8 Å². The van der Waals surface area contributed by atoms with Crippen molar-refractivity contribution in [2.24, 2.45) is 0 Å². The lowest BCUT2D eigenvalue weighted by molar-refractivity contribution is 0.0985. The van der Waals surface area contributed by atoms with E-state index in [4.69, 9.17) is 0 Å². The second-order valence-corrected chi connectivity index (χ2v) is 9.89. The normalized spacial score (nSPS) is 17.7. The minimum absolute atomic E-state index is 0.148. The van der Waals surface area contributed by atoms with Gasteiger partial charge in [-0.05, 0) is 43.2 Å². The molecule has 0 aliphatic carbocycles. The van der Waals surface area contributed by atoms with Crippen LogP contribution in [0.15, 0.2) is 52.3 Å². The second-order valence-electron chi connectivity index (χ2n) is 6.39. The van der Waals surface area contributed by atoms with E-state index in [9.17, 15) is 13.2 Å². The molecule has 25 heavy (non-hydrogen) atoms. The van der Waals surface area contributed by atoms with Crippen molar-refractivity contribution in [3.63, 3.8) is 0 Å². The average molecular weight is 376 g/mol. The number of fused-ring (bicyclic) bond motifs is 1. The summed E-state index contributed by atoms with van der Waals surface area (Å²) in [6.45, 7) is 4.61. The van der Waals surface area contributed by atoms with Crippen LogP contribution >= 0.6 is 11.8 Å². The Morgan fingerprint density at radius 2 is 1.92 bits per heavy atom. The molecule has 6 heteroatoms. The Bertz CT molecular complexity index is 922. The van der Waals surface area contributed by atoms with Crippen LogP contribution < -0.4 is 4.90 Å². The number of carbonyl (C=O) groups is 1. The van der Waals surface area contributed by atoms with Gasteiger partial charge in [0.1, 0.15) is 0 Å². The van der Waals surface area contributed by atoms with Crippen LogP contribution in [0.1, 0.15) is 29.3 Å². The van der Waals surface area contributed by atoms with Crippen LogP contribution in [0.4, 0.5) is 5.69 Å². The summed E-state index contributed by atoms with van der Waals surface area (Å²) in [5.74, 6) is -0.148. The number of hydrogen-bond acceptors (Lipinski definition) is 4. The lowest BCUT2D eigenvalue weighted by Gasteiger charge is -2.23. The van der Waals surface area contributed by atoms with Gasteiger partial charge in [0.2, 0.25) is 0 Å². The third-order valence-electron chi connectivity index (χ3n) is 4.36. The first-order valence-corrected chi connectivity index (χ1v) is 10.9. The molecule has 1 aliphatic heterocycles. The van der Waals surface area contributed by atoms with Gasteiger partial charge in [0.25, 0.3) is 5.91 Å². The lowest BCUT2D eigenvalue weighted by atomic mass is 10.1. The fourth-order valence-corrected chi connectivity index (χ4v) is 4.67. The zero-order valence-electron chi connectivity index (χ0n) is 14.5. The van der Waals surface area contributed by atoms with Crippen LogP contribution in [-0.2, 0) is 9.84 Å². The van der Waals surface area contributed by atoms with Gasteiger partial charge in [-0.1, -0.05) is 25.1 Å². The summed E-state index contributed by atoms with van der Waals surface area (Å²) in [6.07, 6.45) is 2.04. The summed E-state index contributed by atoms with van der Waals surface area (Å²) in [7, 11) is -3.36. The molecule has 0 N–H and O–H groups in total. The highest BCUT2D eigenvalue weighted by atomic mass is 32.2. The SMILES string of the molecule is Cc1ccc(S(C)(=O)=O)cc1C(=O)N1CC[C@H](C)Sc2ccccc21. The summed E-state index contributed by atoms with van der Waals surface area (Å²) in [4.78, 5) is 16.3. The quantitative estimate of drug-likeness (QED) is 0.798. The Balaban J connectivity index is 2.07. The maximum absolute atomic E-state index is 13.2. The molecule has 0 bridgehead atoms. The Morgan fingerprint density at radius 1 is 1.20 bits per heavy atom. The lowest BCUT2D eigenvalue weighted by Crippen LogP contribution is -2.32. The van der Waals surface area contributed by atoms with Gasteiger partial charge < -0.3 is 4.90 Å².